The molecule has 0 spiro atoms. The van der Waals surface area contributed by atoms with Crippen molar-refractivity contribution in [2.24, 2.45) is 0 Å². The molecular formula is C14H16ClN3O2S. The lowest BCUT2D eigenvalue weighted by Crippen LogP contribution is -2.24. The van der Waals surface area contributed by atoms with E-state index in [0.29, 0.717) is 23.1 Å². The number of nitrogens with zero attached hydrogens (tertiary/aromatic N) is 2. The van der Waals surface area contributed by atoms with Crippen LogP contribution in [0.1, 0.15) is 5.56 Å². The third-order valence-electron chi connectivity index (χ3n) is 3.02. The van der Waals surface area contributed by atoms with E-state index in [0.717, 1.165) is 5.56 Å². The van der Waals surface area contributed by atoms with Crippen molar-refractivity contribution < 1.29 is 8.42 Å². The standard InChI is InChI=1S/C14H16ClN3O2S/c1-18(21(2,19)20)12-7-5-11(6-8-12)10-17-14-13(15)4-3-9-16-14/h3-9H,10H2,1-2H3,(H,16,17). The monoisotopic (exact) mass is 325 g/mol. The van der Waals surface area contributed by atoms with Gasteiger partial charge in [0, 0.05) is 19.8 Å². The van der Waals surface area contributed by atoms with Crippen molar-refractivity contribution in [3.05, 3.63) is 53.2 Å². The molecule has 0 amide bonds. The van der Waals surface area contributed by atoms with E-state index in [1.165, 1.54) is 17.6 Å². The second-order valence-corrected chi connectivity index (χ2v) is 7.01. The van der Waals surface area contributed by atoms with Crippen LogP contribution in [0.15, 0.2) is 42.6 Å². The molecule has 1 N–H and O–H groups in total. The minimum atomic E-state index is -3.24. The Morgan fingerprint density at radius 3 is 2.48 bits per heavy atom. The zero-order valence-electron chi connectivity index (χ0n) is 11.7. The van der Waals surface area contributed by atoms with Gasteiger partial charge >= 0.3 is 0 Å². The second-order valence-electron chi connectivity index (χ2n) is 4.58. The maximum atomic E-state index is 11.5. The fourth-order valence-electron chi connectivity index (χ4n) is 1.72. The number of benzene rings is 1. The smallest absolute Gasteiger partial charge is 0.231 e. The molecular weight excluding hydrogens is 310 g/mol. The van der Waals surface area contributed by atoms with Gasteiger partial charge < -0.3 is 5.32 Å². The largest absolute Gasteiger partial charge is 0.365 e. The van der Waals surface area contributed by atoms with Crippen LogP contribution in [0.5, 0.6) is 0 Å². The molecule has 0 radical (unpaired) electrons. The molecule has 0 atom stereocenters. The molecule has 21 heavy (non-hydrogen) atoms. The van der Waals surface area contributed by atoms with Gasteiger partial charge in [-0.1, -0.05) is 23.7 Å². The Bertz CT molecular complexity index is 717. The van der Waals surface area contributed by atoms with Crippen molar-refractivity contribution in [1.82, 2.24) is 4.98 Å². The number of hydrogen-bond donors (Lipinski definition) is 1. The third-order valence-corrected chi connectivity index (χ3v) is 4.53. The maximum absolute atomic E-state index is 11.5. The average molecular weight is 326 g/mol. The summed E-state index contributed by atoms with van der Waals surface area (Å²) in [4.78, 5) is 4.14. The van der Waals surface area contributed by atoms with Gasteiger partial charge in [-0.2, -0.15) is 0 Å². The van der Waals surface area contributed by atoms with Crippen LogP contribution >= 0.6 is 11.6 Å². The molecule has 112 valence electrons. The van der Waals surface area contributed by atoms with Crippen molar-refractivity contribution in [1.29, 1.82) is 0 Å². The highest BCUT2D eigenvalue weighted by molar-refractivity contribution is 7.92. The van der Waals surface area contributed by atoms with Gasteiger partial charge in [-0.25, -0.2) is 13.4 Å². The van der Waals surface area contributed by atoms with Crippen LogP contribution in [-0.4, -0.2) is 26.7 Å². The molecule has 0 aliphatic carbocycles. The van der Waals surface area contributed by atoms with Gasteiger partial charge in [0.05, 0.1) is 17.0 Å². The quantitative estimate of drug-likeness (QED) is 0.918. The minimum absolute atomic E-state index is 0.555. The molecule has 7 heteroatoms. The average Bonchev–Trinajstić information content (AvgIpc) is 2.45. The van der Waals surface area contributed by atoms with Crippen molar-refractivity contribution >= 4 is 33.1 Å². The number of nitrogens with one attached hydrogen (secondary N) is 1. The van der Waals surface area contributed by atoms with E-state index < -0.39 is 10.0 Å². The molecule has 1 aromatic carbocycles. The second kappa shape index (κ2) is 6.32. The Kier molecular flexibility index (Phi) is 4.69. The van der Waals surface area contributed by atoms with Crippen LogP contribution < -0.4 is 9.62 Å². The Labute approximate surface area is 129 Å². The molecule has 0 saturated heterocycles. The summed E-state index contributed by atoms with van der Waals surface area (Å²) in [5.74, 6) is 0.622. The van der Waals surface area contributed by atoms with Crippen LogP contribution in [0.2, 0.25) is 5.02 Å². The highest BCUT2D eigenvalue weighted by Gasteiger charge is 2.11. The van der Waals surface area contributed by atoms with E-state index in [-0.39, 0.29) is 0 Å². The van der Waals surface area contributed by atoms with Crippen molar-refractivity contribution in [3.63, 3.8) is 0 Å². The number of anilines is 2. The lowest BCUT2D eigenvalue weighted by atomic mass is 10.2. The summed E-state index contributed by atoms with van der Waals surface area (Å²) in [6.07, 6.45) is 2.84. The summed E-state index contributed by atoms with van der Waals surface area (Å²) < 4.78 is 24.1. The SMILES string of the molecule is CN(c1ccc(CNc2ncccc2Cl)cc1)S(C)(=O)=O. The van der Waals surface area contributed by atoms with E-state index in [1.54, 1.807) is 30.5 Å². The normalized spacial score (nSPS) is 11.2. The fraction of sp³-hybridized carbons (Fsp3) is 0.214. The molecule has 1 aromatic heterocycles. The molecule has 2 rings (SSSR count). The molecule has 0 fully saturated rings. The summed E-state index contributed by atoms with van der Waals surface area (Å²) in [7, 11) is -1.72. The van der Waals surface area contributed by atoms with Gasteiger partial charge in [0.25, 0.3) is 0 Å². The predicted molar refractivity (Wildman–Crippen MR) is 86.3 cm³/mol. The summed E-state index contributed by atoms with van der Waals surface area (Å²) in [6, 6.07) is 10.8. The van der Waals surface area contributed by atoms with Gasteiger partial charge in [-0.3, -0.25) is 4.31 Å². The topological polar surface area (TPSA) is 62.3 Å². The summed E-state index contributed by atoms with van der Waals surface area (Å²) >= 11 is 6.01. The Hall–Kier alpha value is -1.79. The van der Waals surface area contributed by atoms with Gasteiger partial charge in [0.1, 0.15) is 5.82 Å². The first-order valence-corrected chi connectivity index (χ1v) is 8.48. The third kappa shape index (κ3) is 4.09. The molecule has 5 nitrogen and oxygen atoms in total. The van der Waals surface area contributed by atoms with E-state index >= 15 is 0 Å². The predicted octanol–water partition coefficient (Wildman–Crippen LogP) is 2.74. The highest BCUT2D eigenvalue weighted by Crippen LogP contribution is 2.20. The number of pyridine rings is 1. The van der Waals surface area contributed by atoms with E-state index in [9.17, 15) is 8.42 Å². The molecule has 0 aliphatic heterocycles. The summed E-state index contributed by atoms with van der Waals surface area (Å²) in [5, 5.41) is 3.69. The van der Waals surface area contributed by atoms with Gasteiger partial charge in [0.15, 0.2) is 0 Å². The maximum Gasteiger partial charge on any atom is 0.231 e. The first kappa shape index (κ1) is 15.6. The van der Waals surface area contributed by atoms with Crippen LogP contribution in [-0.2, 0) is 16.6 Å². The summed E-state index contributed by atoms with van der Waals surface area (Å²) in [5.41, 5.74) is 1.62. The molecule has 0 unspecified atom stereocenters. The number of aromatic nitrogens is 1. The molecule has 0 aliphatic rings. The van der Waals surface area contributed by atoms with Crippen molar-refractivity contribution in [2.45, 2.75) is 6.54 Å². The van der Waals surface area contributed by atoms with Crippen LogP contribution in [0, 0.1) is 0 Å². The van der Waals surface area contributed by atoms with E-state index in [4.69, 9.17) is 11.6 Å². The van der Waals surface area contributed by atoms with Gasteiger partial charge in [-0.15, -0.1) is 0 Å². The van der Waals surface area contributed by atoms with Gasteiger partial charge in [-0.05, 0) is 29.8 Å². The number of sulfonamides is 1. The van der Waals surface area contributed by atoms with Crippen LogP contribution in [0.4, 0.5) is 11.5 Å². The molecule has 0 bridgehead atoms. The Morgan fingerprint density at radius 1 is 1.24 bits per heavy atom. The lowest BCUT2D eigenvalue weighted by molar-refractivity contribution is 0.600. The molecule has 1 heterocycles. The van der Waals surface area contributed by atoms with Crippen LogP contribution in [0.25, 0.3) is 0 Å². The number of hydrogen-bond acceptors (Lipinski definition) is 4. The summed E-state index contributed by atoms with van der Waals surface area (Å²) in [6.45, 7) is 0.555. The molecule has 0 saturated carbocycles. The minimum Gasteiger partial charge on any atom is -0.365 e. The molecule has 2 aromatic rings. The zero-order chi connectivity index (χ0) is 15.5. The highest BCUT2D eigenvalue weighted by atomic mass is 35.5. The zero-order valence-corrected chi connectivity index (χ0v) is 13.3. The first-order valence-electron chi connectivity index (χ1n) is 6.25. The van der Waals surface area contributed by atoms with E-state index in [1.807, 2.05) is 12.1 Å². The Balaban J connectivity index is 2.05. The van der Waals surface area contributed by atoms with Crippen LogP contribution in [0.3, 0.4) is 0 Å². The fourth-order valence-corrected chi connectivity index (χ4v) is 2.41. The number of rotatable bonds is 5. The first-order chi connectivity index (χ1) is 9.88. The van der Waals surface area contributed by atoms with E-state index in [2.05, 4.69) is 10.3 Å². The van der Waals surface area contributed by atoms with Gasteiger partial charge in [0.2, 0.25) is 10.0 Å². The Morgan fingerprint density at radius 2 is 1.90 bits per heavy atom. The lowest BCUT2D eigenvalue weighted by Gasteiger charge is -2.17. The van der Waals surface area contributed by atoms with Crippen molar-refractivity contribution in [3.8, 4) is 0 Å². The number of halogens is 1. The van der Waals surface area contributed by atoms with Crippen molar-refractivity contribution in [2.75, 3.05) is 22.9 Å².